The Morgan fingerprint density at radius 2 is 1.56 bits per heavy atom. The summed E-state index contributed by atoms with van der Waals surface area (Å²) in [5, 5.41) is 0. The van der Waals surface area contributed by atoms with Gasteiger partial charge in [0.05, 0.1) is 16.7 Å². The van der Waals surface area contributed by atoms with Gasteiger partial charge in [-0.2, -0.15) is 13.2 Å². The molecule has 2 N–H and O–H groups in total. The van der Waals surface area contributed by atoms with E-state index < -0.39 is 29.6 Å². The molecule has 2 aromatic carbocycles. The topological polar surface area (TPSA) is 63.4 Å². The van der Waals surface area contributed by atoms with Gasteiger partial charge in [-0.3, -0.25) is 14.5 Å². The number of nitrogens with zero attached hydrogens (tertiary/aromatic N) is 1. The van der Waals surface area contributed by atoms with E-state index in [2.05, 4.69) is 0 Å². The number of hydrogen-bond acceptors (Lipinski definition) is 3. The monoisotopic (exact) mass is 348 g/mol. The average Bonchev–Trinajstić information content (AvgIpc) is 2.80. The smallest absolute Gasteiger partial charge is 0.326 e. The minimum absolute atomic E-state index is 0.0530. The predicted octanol–water partition coefficient (Wildman–Crippen LogP) is 2.87. The van der Waals surface area contributed by atoms with E-state index in [1.807, 2.05) is 0 Å². The Hall–Kier alpha value is -2.67. The molecule has 3 rings (SSSR count). The zero-order chi connectivity index (χ0) is 18.2. The van der Waals surface area contributed by atoms with Gasteiger partial charge in [-0.1, -0.05) is 30.3 Å². The number of carbonyl (C=O) groups is 2. The van der Waals surface area contributed by atoms with Crippen LogP contribution in [0.5, 0.6) is 0 Å². The van der Waals surface area contributed by atoms with Crippen LogP contribution in [0.25, 0.3) is 0 Å². The molecule has 4 nitrogen and oxygen atoms in total. The summed E-state index contributed by atoms with van der Waals surface area (Å²) in [6, 6.07) is 10.7. The number of alkyl halides is 3. The first-order valence-corrected chi connectivity index (χ1v) is 7.64. The molecule has 130 valence electrons. The molecular weight excluding hydrogens is 333 g/mol. The van der Waals surface area contributed by atoms with E-state index in [1.165, 1.54) is 12.1 Å². The lowest BCUT2D eigenvalue weighted by Gasteiger charge is -2.19. The third-order valence-electron chi connectivity index (χ3n) is 4.05. The molecule has 1 atom stereocenters. The van der Waals surface area contributed by atoms with Crippen LogP contribution in [0.3, 0.4) is 0 Å². The molecule has 1 aliphatic rings. The van der Waals surface area contributed by atoms with Crippen LogP contribution in [0.2, 0.25) is 0 Å². The minimum atomic E-state index is -4.43. The van der Waals surface area contributed by atoms with E-state index >= 15 is 0 Å². The van der Waals surface area contributed by atoms with E-state index in [0.29, 0.717) is 16.7 Å². The second-order valence-corrected chi connectivity index (χ2v) is 5.93. The largest absolute Gasteiger partial charge is 0.416 e. The van der Waals surface area contributed by atoms with Crippen LogP contribution < -0.4 is 5.73 Å². The van der Waals surface area contributed by atoms with Gasteiger partial charge < -0.3 is 5.73 Å². The molecule has 0 saturated heterocycles. The number of nitrogens with two attached hydrogens (primary N) is 1. The van der Waals surface area contributed by atoms with Crippen molar-refractivity contribution >= 4 is 11.8 Å². The first-order chi connectivity index (χ1) is 11.8. The Balaban J connectivity index is 1.71. The van der Waals surface area contributed by atoms with Crippen LogP contribution in [-0.4, -0.2) is 29.3 Å². The zero-order valence-electron chi connectivity index (χ0n) is 13.1. The van der Waals surface area contributed by atoms with Gasteiger partial charge in [0, 0.05) is 12.6 Å². The molecule has 2 aromatic rings. The molecular formula is C18H15F3N2O2. The summed E-state index contributed by atoms with van der Waals surface area (Å²) in [6.45, 7) is -0.0530. The second-order valence-electron chi connectivity index (χ2n) is 5.93. The van der Waals surface area contributed by atoms with E-state index in [-0.39, 0.29) is 13.0 Å². The lowest BCUT2D eigenvalue weighted by atomic mass is 10.0. The van der Waals surface area contributed by atoms with Gasteiger partial charge in [-0.25, -0.2) is 0 Å². The summed E-state index contributed by atoms with van der Waals surface area (Å²) in [4.78, 5) is 25.6. The number of hydrogen-bond donors (Lipinski definition) is 1. The molecule has 0 aromatic heterocycles. The van der Waals surface area contributed by atoms with Crippen molar-refractivity contribution in [1.29, 1.82) is 0 Å². The molecule has 7 heteroatoms. The average molecular weight is 348 g/mol. The summed E-state index contributed by atoms with van der Waals surface area (Å²) in [6.07, 6.45) is -4.31. The minimum Gasteiger partial charge on any atom is -0.326 e. The molecule has 25 heavy (non-hydrogen) atoms. The third kappa shape index (κ3) is 3.41. The van der Waals surface area contributed by atoms with Gasteiger partial charge in [0.1, 0.15) is 0 Å². The van der Waals surface area contributed by atoms with Crippen LogP contribution in [0.4, 0.5) is 13.2 Å². The summed E-state index contributed by atoms with van der Waals surface area (Å²) in [5.41, 5.74) is 6.26. The molecule has 0 aliphatic carbocycles. The molecule has 1 aliphatic heterocycles. The fourth-order valence-corrected chi connectivity index (χ4v) is 2.88. The molecule has 0 saturated carbocycles. The molecule has 0 fully saturated rings. The van der Waals surface area contributed by atoms with Crippen molar-refractivity contribution < 1.29 is 22.8 Å². The van der Waals surface area contributed by atoms with Crippen LogP contribution in [-0.2, 0) is 12.6 Å². The van der Waals surface area contributed by atoms with Crippen LogP contribution in [0.15, 0.2) is 48.5 Å². The molecule has 2 amide bonds. The highest BCUT2D eigenvalue weighted by molar-refractivity contribution is 6.21. The Morgan fingerprint density at radius 3 is 2.12 bits per heavy atom. The van der Waals surface area contributed by atoms with Crippen LogP contribution in [0.1, 0.15) is 31.8 Å². The molecule has 0 radical (unpaired) electrons. The van der Waals surface area contributed by atoms with Gasteiger partial charge in [0.2, 0.25) is 0 Å². The van der Waals surface area contributed by atoms with Crippen molar-refractivity contribution in [2.75, 3.05) is 6.54 Å². The highest BCUT2D eigenvalue weighted by atomic mass is 19.4. The Kier molecular flexibility index (Phi) is 4.34. The summed E-state index contributed by atoms with van der Waals surface area (Å²) < 4.78 is 38.3. The highest BCUT2D eigenvalue weighted by Crippen LogP contribution is 2.30. The summed E-state index contributed by atoms with van der Waals surface area (Å²) in [7, 11) is 0. The normalized spacial score (nSPS) is 15.4. The highest BCUT2D eigenvalue weighted by Gasteiger charge is 2.36. The SMILES string of the molecule is N[C@@H](Cc1cccc(C(F)(F)F)c1)CN1C(=O)c2ccccc2C1=O. The lowest BCUT2D eigenvalue weighted by Crippen LogP contribution is -2.41. The first kappa shape index (κ1) is 17.2. The quantitative estimate of drug-likeness (QED) is 0.864. The van der Waals surface area contributed by atoms with E-state index in [1.54, 1.807) is 24.3 Å². The van der Waals surface area contributed by atoms with Crippen molar-refractivity contribution in [1.82, 2.24) is 4.90 Å². The van der Waals surface area contributed by atoms with Crippen molar-refractivity contribution in [3.63, 3.8) is 0 Å². The Bertz CT molecular complexity index is 798. The van der Waals surface area contributed by atoms with E-state index in [9.17, 15) is 22.8 Å². The number of halogens is 3. The maximum Gasteiger partial charge on any atom is 0.416 e. The third-order valence-corrected chi connectivity index (χ3v) is 4.05. The number of benzene rings is 2. The lowest BCUT2D eigenvalue weighted by molar-refractivity contribution is -0.137. The molecule has 0 spiro atoms. The molecule has 1 heterocycles. The van der Waals surface area contributed by atoms with Gasteiger partial charge in [-0.15, -0.1) is 0 Å². The van der Waals surface area contributed by atoms with E-state index in [4.69, 9.17) is 5.73 Å². The molecule has 0 bridgehead atoms. The second kappa shape index (κ2) is 6.33. The van der Waals surface area contributed by atoms with E-state index in [0.717, 1.165) is 17.0 Å². The van der Waals surface area contributed by atoms with Crippen molar-refractivity contribution in [2.24, 2.45) is 5.73 Å². The predicted molar refractivity (Wildman–Crippen MR) is 84.9 cm³/mol. The van der Waals surface area contributed by atoms with Gasteiger partial charge in [0.15, 0.2) is 0 Å². The van der Waals surface area contributed by atoms with Crippen molar-refractivity contribution in [3.8, 4) is 0 Å². The Morgan fingerprint density at radius 1 is 0.960 bits per heavy atom. The first-order valence-electron chi connectivity index (χ1n) is 7.64. The summed E-state index contributed by atoms with van der Waals surface area (Å²) >= 11 is 0. The number of fused-ring (bicyclic) bond motifs is 1. The maximum absolute atomic E-state index is 12.8. The van der Waals surface area contributed by atoms with Gasteiger partial charge >= 0.3 is 6.18 Å². The zero-order valence-corrected chi connectivity index (χ0v) is 13.1. The maximum atomic E-state index is 12.8. The fraction of sp³-hybridized carbons (Fsp3) is 0.222. The Labute approximate surface area is 142 Å². The number of carbonyl (C=O) groups excluding carboxylic acids is 2. The van der Waals surface area contributed by atoms with Gasteiger partial charge in [0.25, 0.3) is 11.8 Å². The van der Waals surface area contributed by atoms with Gasteiger partial charge in [-0.05, 0) is 30.2 Å². The van der Waals surface area contributed by atoms with Crippen molar-refractivity contribution in [3.05, 3.63) is 70.8 Å². The van der Waals surface area contributed by atoms with Crippen LogP contribution >= 0.6 is 0 Å². The summed E-state index contributed by atoms with van der Waals surface area (Å²) in [5.74, 6) is -0.861. The van der Waals surface area contributed by atoms with Crippen molar-refractivity contribution in [2.45, 2.75) is 18.6 Å². The fourth-order valence-electron chi connectivity index (χ4n) is 2.88. The number of rotatable bonds is 4. The number of amides is 2. The number of imide groups is 1. The van der Waals surface area contributed by atoms with Crippen LogP contribution in [0, 0.1) is 0 Å². The standard InChI is InChI=1S/C18H15F3N2O2/c19-18(20,21)12-5-3-4-11(8-12)9-13(22)10-23-16(24)14-6-1-2-7-15(14)17(23)25/h1-8,13H,9-10,22H2/t13-/m0/s1. The molecule has 0 unspecified atom stereocenters.